The largest absolute Gasteiger partial charge is 0.345 e. The molecule has 200 valence electrons. The molecule has 5 rings (SSSR count). The van der Waals surface area contributed by atoms with Gasteiger partial charge in [-0.15, -0.1) is 21.5 Å². The third kappa shape index (κ3) is 5.71. The summed E-state index contributed by atoms with van der Waals surface area (Å²) in [7, 11) is 0. The Labute approximate surface area is 242 Å². The lowest BCUT2D eigenvalue weighted by Gasteiger charge is -2.12. The number of rotatable bonds is 4. The second-order valence-electron chi connectivity index (χ2n) is 9.27. The van der Waals surface area contributed by atoms with Gasteiger partial charge in [0.05, 0.1) is 25.2 Å². The molecule has 3 N–H and O–H groups in total. The number of aliphatic imine (C=N–C) groups is 1. The van der Waals surface area contributed by atoms with E-state index in [1.54, 1.807) is 11.3 Å². The Balaban J connectivity index is 1.41. The van der Waals surface area contributed by atoms with Crippen LogP contribution in [0, 0.1) is 44.5 Å². The minimum Gasteiger partial charge on any atom is -0.345 e. The van der Waals surface area contributed by atoms with E-state index >= 15 is 0 Å². The first kappa shape index (κ1) is 27.4. The van der Waals surface area contributed by atoms with Gasteiger partial charge in [0.1, 0.15) is 16.9 Å². The standard InChI is InChI=1S/C31H27ClN6OS/c1-19-20(2)40-31-28(19)29(24-11-13-25(32)14-12-24)35-26(30-37-36-21(3)38(30)31)18-27(39)34-16-6-10-23-8-4-7-22(17-23)9-5-15-33/h4,7-8,11-14,17,26H,15-16,18,33H2,1-3H3,(H,34,39)/t26-/m0/s1. The van der Waals surface area contributed by atoms with E-state index in [1.165, 1.54) is 4.88 Å². The van der Waals surface area contributed by atoms with Gasteiger partial charge in [0, 0.05) is 32.2 Å². The van der Waals surface area contributed by atoms with Crippen molar-refractivity contribution >= 4 is 34.6 Å². The first-order valence-corrected chi connectivity index (χ1v) is 14.0. The van der Waals surface area contributed by atoms with Gasteiger partial charge in [-0.05, 0) is 56.7 Å². The number of amides is 1. The van der Waals surface area contributed by atoms with Crippen LogP contribution in [0.25, 0.3) is 5.00 Å². The predicted octanol–water partition coefficient (Wildman–Crippen LogP) is 4.67. The number of carbonyl (C=O) groups excluding carboxylic acids is 1. The molecule has 4 aromatic rings. The van der Waals surface area contributed by atoms with Crippen LogP contribution >= 0.6 is 22.9 Å². The minimum atomic E-state index is -0.531. The Kier molecular flexibility index (Phi) is 8.14. The topological polar surface area (TPSA) is 98.2 Å². The normalized spacial score (nSPS) is 13.5. The van der Waals surface area contributed by atoms with Gasteiger partial charge < -0.3 is 11.1 Å². The van der Waals surface area contributed by atoms with Crippen LogP contribution in [0.1, 0.15) is 56.8 Å². The molecule has 0 saturated heterocycles. The maximum atomic E-state index is 13.1. The fourth-order valence-electron chi connectivity index (χ4n) is 4.50. The number of hydrogen-bond acceptors (Lipinski definition) is 6. The minimum absolute atomic E-state index is 0.105. The number of thiophene rings is 1. The van der Waals surface area contributed by atoms with Crippen molar-refractivity contribution in [3.05, 3.63) is 97.9 Å². The summed E-state index contributed by atoms with van der Waals surface area (Å²) < 4.78 is 2.03. The van der Waals surface area contributed by atoms with E-state index in [1.807, 2.05) is 60.0 Å². The van der Waals surface area contributed by atoms with Crippen LogP contribution in [-0.2, 0) is 4.79 Å². The number of fused-ring (bicyclic) bond motifs is 3. The lowest BCUT2D eigenvalue weighted by Crippen LogP contribution is -2.25. The number of nitrogens with one attached hydrogen (secondary N) is 1. The number of benzene rings is 2. The van der Waals surface area contributed by atoms with Gasteiger partial charge in [0.15, 0.2) is 5.82 Å². The first-order valence-electron chi connectivity index (χ1n) is 12.8. The molecule has 9 heteroatoms. The van der Waals surface area contributed by atoms with Crippen molar-refractivity contribution in [3.63, 3.8) is 0 Å². The molecule has 1 atom stereocenters. The molecule has 3 heterocycles. The molecular formula is C31H27ClN6OS. The first-order chi connectivity index (χ1) is 19.4. The molecule has 0 aliphatic carbocycles. The molecule has 1 aliphatic heterocycles. The smallest absolute Gasteiger partial charge is 0.223 e. The molecule has 2 aromatic carbocycles. The van der Waals surface area contributed by atoms with E-state index in [9.17, 15) is 4.79 Å². The second kappa shape index (κ2) is 11.9. The zero-order valence-corrected chi connectivity index (χ0v) is 24.0. The molecule has 40 heavy (non-hydrogen) atoms. The number of carbonyl (C=O) groups is 1. The quantitative estimate of drug-likeness (QED) is 0.351. The maximum Gasteiger partial charge on any atom is 0.223 e. The van der Waals surface area contributed by atoms with Crippen molar-refractivity contribution in [3.8, 4) is 28.7 Å². The van der Waals surface area contributed by atoms with Crippen LogP contribution < -0.4 is 11.1 Å². The highest BCUT2D eigenvalue weighted by atomic mass is 35.5. The van der Waals surface area contributed by atoms with Gasteiger partial charge in [0.25, 0.3) is 0 Å². The van der Waals surface area contributed by atoms with E-state index in [4.69, 9.17) is 22.3 Å². The molecule has 0 radical (unpaired) electrons. The molecule has 0 unspecified atom stereocenters. The highest BCUT2D eigenvalue weighted by molar-refractivity contribution is 7.15. The predicted molar refractivity (Wildman–Crippen MR) is 160 cm³/mol. The lowest BCUT2D eigenvalue weighted by molar-refractivity contribution is -0.121. The van der Waals surface area contributed by atoms with Gasteiger partial charge in [0.2, 0.25) is 5.91 Å². The Bertz CT molecular complexity index is 1740. The van der Waals surface area contributed by atoms with Crippen molar-refractivity contribution in [2.45, 2.75) is 33.2 Å². The van der Waals surface area contributed by atoms with E-state index < -0.39 is 6.04 Å². The summed E-state index contributed by atoms with van der Waals surface area (Å²) in [6.45, 7) is 6.62. The van der Waals surface area contributed by atoms with E-state index in [-0.39, 0.29) is 18.9 Å². The summed E-state index contributed by atoms with van der Waals surface area (Å²) in [4.78, 5) is 19.4. The second-order valence-corrected chi connectivity index (χ2v) is 10.9. The van der Waals surface area contributed by atoms with E-state index in [2.05, 4.69) is 53.0 Å². The van der Waals surface area contributed by atoms with Gasteiger partial charge in [-0.3, -0.25) is 14.4 Å². The fourth-order valence-corrected chi connectivity index (χ4v) is 5.84. The maximum absolute atomic E-state index is 13.1. The third-order valence-electron chi connectivity index (χ3n) is 6.54. The summed E-state index contributed by atoms with van der Waals surface area (Å²) in [5, 5.41) is 13.4. The zero-order chi connectivity index (χ0) is 28.2. The molecule has 7 nitrogen and oxygen atoms in total. The molecule has 1 amide bonds. The van der Waals surface area contributed by atoms with Crippen LogP contribution in [0.2, 0.25) is 5.02 Å². The number of nitrogens with zero attached hydrogens (tertiary/aromatic N) is 4. The van der Waals surface area contributed by atoms with Crippen LogP contribution in [0.4, 0.5) is 0 Å². The van der Waals surface area contributed by atoms with Crippen LogP contribution in [0.3, 0.4) is 0 Å². The van der Waals surface area contributed by atoms with Crippen molar-refractivity contribution in [1.82, 2.24) is 20.1 Å². The summed E-state index contributed by atoms with van der Waals surface area (Å²) in [5.41, 5.74) is 11.0. The van der Waals surface area contributed by atoms with Crippen molar-refractivity contribution in [2.75, 3.05) is 13.1 Å². The average Bonchev–Trinajstić information content (AvgIpc) is 3.42. The van der Waals surface area contributed by atoms with Crippen LogP contribution in [0.15, 0.2) is 53.5 Å². The van der Waals surface area contributed by atoms with Crippen LogP contribution in [0.5, 0.6) is 0 Å². The van der Waals surface area contributed by atoms with Gasteiger partial charge in [-0.2, -0.15) is 0 Å². The molecule has 2 aromatic heterocycles. The average molecular weight is 567 g/mol. The van der Waals surface area contributed by atoms with Crippen molar-refractivity contribution in [1.29, 1.82) is 0 Å². The van der Waals surface area contributed by atoms with Gasteiger partial charge in [-0.25, -0.2) is 0 Å². The highest BCUT2D eigenvalue weighted by Gasteiger charge is 2.32. The number of halogens is 1. The van der Waals surface area contributed by atoms with E-state index in [0.29, 0.717) is 17.4 Å². The molecule has 0 fully saturated rings. The Morgan fingerprint density at radius 1 is 1.07 bits per heavy atom. The number of nitrogens with two attached hydrogens (primary N) is 1. The van der Waals surface area contributed by atoms with Crippen molar-refractivity contribution in [2.24, 2.45) is 10.7 Å². The molecule has 0 spiro atoms. The lowest BCUT2D eigenvalue weighted by atomic mass is 9.99. The highest BCUT2D eigenvalue weighted by Crippen LogP contribution is 2.39. The SMILES string of the molecule is Cc1sc2c(c1C)C(c1ccc(Cl)cc1)=N[C@@H](CC(=O)NCC#Cc1cccc(C#CCN)c1)c1nnc(C)n1-2. The molecular weight excluding hydrogens is 540 g/mol. The van der Waals surface area contributed by atoms with Gasteiger partial charge >= 0.3 is 0 Å². The summed E-state index contributed by atoms with van der Waals surface area (Å²) >= 11 is 7.86. The third-order valence-corrected chi connectivity index (χ3v) is 7.98. The Hall–Kier alpha value is -4.21. The van der Waals surface area contributed by atoms with E-state index in [0.717, 1.165) is 44.4 Å². The summed E-state index contributed by atoms with van der Waals surface area (Å²) in [6.07, 6.45) is 0.105. The fraction of sp³-hybridized carbons (Fsp3) is 0.226. The van der Waals surface area contributed by atoms with Crippen LogP contribution in [-0.4, -0.2) is 39.5 Å². The Morgan fingerprint density at radius 3 is 2.52 bits per heavy atom. The number of hydrogen-bond donors (Lipinski definition) is 2. The monoisotopic (exact) mass is 566 g/mol. The molecule has 1 aliphatic rings. The number of aromatic nitrogens is 3. The summed E-state index contributed by atoms with van der Waals surface area (Å²) in [6, 6.07) is 14.7. The molecule has 0 saturated carbocycles. The Morgan fingerprint density at radius 2 is 1.80 bits per heavy atom. The van der Waals surface area contributed by atoms with Gasteiger partial charge in [-0.1, -0.05) is 53.5 Å². The summed E-state index contributed by atoms with van der Waals surface area (Å²) in [5.74, 6) is 13.1. The number of aryl methyl sites for hydroxylation is 2. The molecule has 0 bridgehead atoms. The van der Waals surface area contributed by atoms with Crippen molar-refractivity contribution < 1.29 is 4.79 Å². The zero-order valence-electron chi connectivity index (χ0n) is 22.4.